The first-order chi connectivity index (χ1) is 9.74. The second-order valence-corrected chi connectivity index (χ2v) is 4.65. The molecular formula is C17H14O3. The third kappa shape index (κ3) is 2.43. The van der Waals surface area contributed by atoms with Gasteiger partial charge in [0, 0.05) is 11.6 Å². The van der Waals surface area contributed by atoms with E-state index < -0.39 is 0 Å². The molecule has 2 aromatic carbocycles. The van der Waals surface area contributed by atoms with E-state index in [1.54, 1.807) is 18.2 Å². The van der Waals surface area contributed by atoms with E-state index in [1.165, 1.54) is 0 Å². The summed E-state index contributed by atoms with van der Waals surface area (Å²) in [5, 5.41) is 0. The van der Waals surface area contributed by atoms with Crippen LogP contribution in [-0.2, 0) is 6.61 Å². The number of ketones is 1. The SMILES string of the molecule is C=C1COc2cc(OCc3ccccc3)ccc2C1=O. The van der Waals surface area contributed by atoms with Crippen LogP contribution >= 0.6 is 0 Å². The van der Waals surface area contributed by atoms with E-state index in [2.05, 4.69) is 6.58 Å². The van der Waals surface area contributed by atoms with E-state index >= 15 is 0 Å². The van der Waals surface area contributed by atoms with Gasteiger partial charge >= 0.3 is 0 Å². The van der Waals surface area contributed by atoms with E-state index in [-0.39, 0.29) is 12.4 Å². The number of carbonyl (C=O) groups is 1. The molecule has 0 fully saturated rings. The fraction of sp³-hybridized carbons (Fsp3) is 0.118. The highest BCUT2D eigenvalue weighted by Crippen LogP contribution is 2.30. The van der Waals surface area contributed by atoms with Crippen molar-refractivity contribution in [1.82, 2.24) is 0 Å². The van der Waals surface area contributed by atoms with Crippen LogP contribution in [-0.4, -0.2) is 12.4 Å². The summed E-state index contributed by atoms with van der Waals surface area (Å²) in [6, 6.07) is 15.2. The van der Waals surface area contributed by atoms with Gasteiger partial charge in [-0.25, -0.2) is 0 Å². The highest BCUT2D eigenvalue weighted by molar-refractivity contribution is 6.11. The topological polar surface area (TPSA) is 35.5 Å². The largest absolute Gasteiger partial charge is 0.489 e. The van der Waals surface area contributed by atoms with Crippen molar-refractivity contribution in [3.8, 4) is 11.5 Å². The van der Waals surface area contributed by atoms with Crippen LogP contribution in [0.25, 0.3) is 0 Å². The summed E-state index contributed by atoms with van der Waals surface area (Å²) in [5.41, 5.74) is 2.12. The minimum atomic E-state index is -0.0548. The summed E-state index contributed by atoms with van der Waals surface area (Å²) in [4.78, 5) is 11.9. The van der Waals surface area contributed by atoms with Gasteiger partial charge in [-0.15, -0.1) is 0 Å². The molecule has 0 amide bonds. The molecule has 0 saturated carbocycles. The molecule has 100 valence electrons. The molecule has 0 radical (unpaired) electrons. The first-order valence-corrected chi connectivity index (χ1v) is 6.40. The number of benzene rings is 2. The third-order valence-electron chi connectivity index (χ3n) is 3.17. The number of carbonyl (C=O) groups excluding carboxylic acids is 1. The molecule has 0 spiro atoms. The predicted octanol–water partition coefficient (Wildman–Crippen LogP) is 3.40. The number of hydrogen-bond acceptors (Lipinski definition) is 3. The maximum atomic E-state index is 11.9. The normalized spacial score (nSPS) is 13.6. The van der Waals surface area contributed by atoms with Gasteiger partial charge in [0.1, 0.15) is 24.7 Å². The van der Waals surface area contributed by atoms with Gasteiger partial charge in [-0.2, -0.15) is 0 Å². The van der Waals surface area contributed by atoms with Crippen molar-refractivity contribution in [2.24, 2.45) is 0 Å². The lowest BCUT2D eigenvalue weighted by Gasteiger charge is -2.18. The zero-order valence-corrected chi connectivity index (χ0v) is 11.0. The Morgan fingerprint density at radius 2 is 1.95 bits per heavy atom. The number of ether oxygens (including phenoxy) is 2. The second kappa shape index (κ2) is 5.21. The van der Waals surface area contributed by atoms with Crippen molar-refractivity contribution in [3.63, 3.8) is 0 Å². The lowest BCUT2D eigenvalue weighted by Crippen LogP contribution is -2.18. The van der Waals surface area contributed by atoms with Crippen molar-refractivity contribution < 1.29 is 14.3 Å². The Morgan fingerprint density at radius 1 is 1.15 bits per heavy atom. The Labute approximate surface area is 117 Å². The van der Waals surface area contributed by atoms with Crippen molar-refractivity contribution in [2.75, 3.05) is 6.61 Å². The zero-order valence-electron chi connectivity index (χ0n) is 11.0. The van der Waals surface area contributed by atoms with E-state index in [1.807, 2.05) is 30.3 Å². The molecule has 3 rings (SSSR count). The maximum Gasteiger partial charge on any atom is 0.195 e. The van der Waals surface area contributed by atoms with Crippen molar-refractivity contribution >= 4 is 5.78 Å². The van der Waals surface area contributed by atoms with Crippen molar-refractivity contribution in [1.29, 1.82) is 0 Å². The van der Waals surface area contributed by atoms with E-state index in [4.69, 9.17) is 9.47 Å². The van der Waals surface area contributed by atoms with Crippen LogP contribution in [0.5, 0.6) is 11.5 Å². The molecule has 0 aromatic heterocycles. The molecule has 0 saturated heterocycles. The summed E-state index contributed by atoms with van der Waals surface area (Å²) >= 11 is 0. The Kier molecular flexibility index (Phi) is 3.25. The summed E-state index contributed by atoms with van der Waals surface area (Å²) in [5.74, 6) is 1.20. The first kappa shape index (κ1) is 12.5. The van der Waals surface area contributed by atoms with Gasteiger partial charge in [-0.3, -0.25) is 4.79 Å². The predicted molar refractivity (Wildman–Crippen MR) is 76.2 cm³/mol. The average molecular weight is 266 g/mol. The van der Waals surface area contributed by atoms with E-state index in [9.17, 15) is 4.79 Å². The monoisotopic (exact) mass is 266 g/mol. The highest BCUT2D eigenvalue weighted by atomic mass is 16.5. The molecule has 1 aliphatic heterocycles. The third-order valence-corrected chi connectivity index (χ3v) is 3.17. The summed E-state index contributed by atoms with van der Waals surface area (Å²) in [6.45, 7) is 4.42. The lowest BCUT2D eigenvalue weighted by atomic mass is 10.0. The number of hydrogen-bond donors (Lipinski definition) is 0. The molecule has 2 aromatic rings. The lowest BCUT2D eigenvalue weighted by molar-refractivity contribution is 0.0999. The number of fused-ring (bicyclic) bond motifs is 1. The van der Waals surface area contributed by atoms with Crippen LogP contribution in [0.3, 0.4) is 0 Å². The average Bonchev–Trinajstić information content (AvgIpc) is 2.50. The van der Waals surface area contributed by atoms with Crippen LogP contribution in [0.1, 0.15) is 15.9 Å². The van der Waals surface area contributed by atoms with Crippen LogP contribution < -0.4 is 9.47 Å². The van der Waals surface area contributed by atoms with Crippen LogP contribution in [0.15, 0.2) is 60.7 Å². The van der Waals surface area contributed by atoms with Crippen LogP contribution in [0.2, 0.25) is 0 Å². The fourth-order valence-corrected chi connectivity index (χ4v) is 2.06. The summed E-state index contributed by atoms with van der Waals surface area (Å²) in [6.07, 6.45) is 0. The molecular weight excluding hydrogens is 252 g/mol. The molecule has 20 heavy (non-hydrogen) atoms. The highest BCUT2D eigenvalue weighted by Gasteiger charge is 2.22. The zero-order chi connectivity index (χ0) is 13.9. The van der Waals surface area contributed by atoms with Crippen molar-refractivity contribution in [3.05, 3.63) is 71.8 Å². The van der Waals surface area contributed by atoms with Gasteiger partial charge in [0.05, 0.1) is 5.56 Å². The van der Waals surface area contributed by atoms with Gasteiger partial charge < -0.3 is 9.47 Å². The van der Waals surface area contributed by atoms with Gasteiger partial charge in [-0.05, 0) is 17.7 Å². The van der Waals surface area contributed by atoms with E-state index in [0.717, 1.165) is 5.56 Å². The minimum Gasteiger partial charge on any atom is -0.489 e. The van der Waals surface area contributed by atoms with Gasteiger partial charge in [0.25, 0.3) is 0 Å². The Morgan fingerprint density at radius 3 is 2.75 bits per heavy atom. The van der Waals surface area contributed by atoms with Gasteiger partial charge in [0.15, 0.2) is 5.78 Å². The Bertz CT molecular complexity index is 659. The smallest absolute Gasteiger partial charge is 0.195 e. The minimum absolute atomic E-state index is 0.0548. The molecule has 1 heterocycles. The summed E-state index contributed by atoms with van der Waals surface area (Å²) in [7, 11) is 0. The fourth-order valence-electron chi connectivity index (χ4n) is 2.06. The molecule has 0 unspecified atom stereocenters. The molecule has 3 heteroatoms. The number of Topliss-reactive ketones (excluding diaryl/α,β-unsaturated/α-hetero) is 1. The van der Waals surface area contributed by atoms with Gasteiger partial charge in [0.2, 0.25) is 0 Å². The maximum absolute atomic E-state index is 11.9. The quantitative estimate of drug-likeness (QED) is 0.799. The Hall–Kier alpha value is -2.55. The molecule has 3 nitrogen and oxygen atoms in total. The standard InChI is InChI=1S/C17H14O3/c1-12-10-20-16-9-14(7-8-15(16)17(12)18)19-11-13-5-3-2-4-6-13/h2-9H,1,10-11H2. The molecule has 1 aliphatic rings. The molecule has 0 aliphatic carbocycles. The first-order valence-electron chi connectivity index (χ1n) is 6.40. The summed E-state index contributed by atoms with van der Waals surface area (Å²) < 4.78 is 11.2. The van der Waals surface area contributed by atoms with Crippen LogP contribution in [0.4, 0.5) is 0 Å². The molecule has 0 N–H and O–H groups in total. The molecule has 0 bridgehead atoms. The molecule has 0 atom stereocenters. The van der Waals surface area contributed by atoms with E-state index in [0.29, 0.717) is 29.2 Å². The number of rotatable bonds is 3. The van der Waals surface area contributed by atoms with Crippen LogP contribution in [0, 0.1) is 0 Å². The second-order valence-electron chi connectivity index (χ2n) is 4.65. The van der Waals surface area contributed by atoms with Crippen molar-refractivity contribution in [2.45, 2.75) is 6.61 Å². The Balaban J connectivity index is 1.76. The van der Waals surface area contributed by atoms with Gasteiger partial charge in [-0.1, -0.05) is 36.9 Å².